The first-order valence-electron chi connectivity index (χ1n) is 21.4. The fourth-order valence-electron chi connectivity index (χ4n) is 7.38. The topological polar surface area (TPSA) is 152 Å². The molecule has 0 aliphatic carbocycles. The lowest BCUT2D eigenvalue weighted by Gasteiger charge is -2.37. The second-order valence-electron chi connectivity index (χ2n) is 15.8. The van der Waals surface area contributed by atoms with Crippen LogP contribution in [0.15, 0.2) is 163 Å². The Morgan fingerprint density at radius 3 is 1.57 bits per heavy atom. The van der Waals surface area contributed by atoms with Crippen LogP contribution in [-0.2, 0) is 47.2 Å². The Balaban J connectivity index is 1.40. The van der Waals surface area contributed by atoms with Crippen molar-refractivity contribution in [3.05, 3.63) is 191 Å². The van der Waals surface area contributed by atoms with Crippen LogP contribution in [0.25, 0.3) is 0 Å². The number of nitrogens with one attached hydrogen (secondary N) is 4. The van der Waals surface area contributed by atoms with E-state index in [4.69, 9.17) is 9.47 Å². The molecule has 0 aliphatic heterocycles. The van der Waals surface area contributed by atoms with Crippen molar-refractivity contribution >= 4 is 29.8 Å². The highest BCUT2D eigenvalue weighted by atomic mass is 16.5. The van der Waals surface area contributed by atoms with Crippen LogP contribution in [0.4, 0.5) is 4.79 Å². The Morgan fingerprint density at radius 1 is 0.603 bits per heavy atom. The highest BCUT2D eigenvalue weighted by molar-refractivity contribution is 5.92. The van der Waals surface area contributed by atoms with E-state index in [9.17, 15) is 24.0 Å². The third kappa shape index (κ3) is 14.0. The molecule has 5 aromatic rings. The number of alkyl carbamates (subject to hydrolysis) is 1. The Hall–Kier alpha value is -7.01. The van der Waals surface area contributed by atoms with Gasteiger partial charge >= 0.3 is 12.1 Å². The maximum Gasteiger partial charge on any atom is 0.408 e. The van der Waals surface area contributed by atoms with Crippen molar-refractivity contribution in [2.24, 2.45) is 5.92 Å². The lowest BCUT2D eigenvalue weighted by molar-refractivity contribution is -0.138. The van der Waals surface area contributed by atoms with Gasteiger partial charge in [0.15, 0.2) is 0 Å². The molecule has 5 rings (SSSR count). The molecular weight excluding hydrogens is 793 g/mol. The van der Waals surface area contributed by atoms with Crippen molar-refractivity contribution in [3.63, 3.8) is 0 Å². The molecule has 11 heteroatoms. The molecule has 0 heterocycles. The van der Waals surface area contributed by atoms with E-state index in [0.717, 1.165) is 27.8 Å². The minimum Gasteiger partial charge on any atom is -0.463 e. The molecule has 0 saturated heterocycles. The summed E-state index contributed by atoms with van der Waals surface area (Å²) in [5, 5.41) is 12.0. The third-order valence-corrected chi connectivity index (χ3v) is 10.5. The summed E-state index contributed by atoms with van der Waals surface area (Å²) in [5.41, 5.74) is 3.32. The predicted molar refractivity (Wildman–Crippen MR) is 244 cm³/mol. The number of benzene rings is 5. The summed E-state index contributed by atoms with van der Waals surface area (Å²) in [6.07, 6.45) is 1.26. The molecule has 0 saturated carbocycles. The van der Waals surface area contributed by atoms with Crippen LogP contribution in [0.2, 0.25) is 0 Å². The van der Waals surface area contributed by atoms with Gasteiger partial charge in [-0.3, -0.25) is 14.4 Å². The van der Waals surface area contributed by atoms with E-state index >= 15 is 0 Å². The molecule has 0 aliphatic rings. The number of amides is 4. The zero-order chi connectivity index (χ0) is 45.0. The van der Waals surface area contributed by atoms with Gasteiger partial charge in [-0.25, -0.2) is 9.59 Å². The number of carbonyl (C=O) groups is 5. The molecule has 0 unspecified atom stereocenters. The fraction of sp³-hybridized carbons (Fsp3) is 0.288. The van der Waals surface area contributed by atoms with Gasteiger partial charge in [-0.05, 0) is 60.4 Å². The standard InChI is InChI=1S/C52H58N4O7/c1-5-62-50(60)38(4)34-44(31-32-47(57)56-52(41-25-15-8-16-26-41,42-27-17-9-18-28-42)43-29-19-10-20-30-43)53-48(58)46(35-39-21-11-6-12-22-39)54-49(59)45(33-37(2)3)55-51(61)63-36-40-23-13-7-14-24-40/h6-30,34,37,44-46H,5,31-33,35-36H2,1-4H3,(H,53,58)(H,54,59)(H,55,61)(H,56,57)/b38-34+/t44-,45-,46-/m0/s1. The second kappa shape index (κ2) is 23.8. The number of esters is 1. The van der Waals surface area contributed by atoms with Gasteiger partial charge in [0.25, 0.3) is 0 Å². The molecule has 328 valence electrons. The Bertz CT molecular complexity index is 2160. The highest BCUT2D eigenvalue weighted by Gasteiger charge is 2.38. The Morgan fingerprint density at radius 2 is 1.08 bits per heavy atom. The number of ether oxygens (including phenoxy) is 2. The van der Waals surface area contributed by atoms with E-state index in [0.29, 0.717) is 0 Å². The van der Waals surface area contributed by atoms with Crippen molar-refractivity contribution in [1.82, 2.24) is 21.3 Å². The van der Waals surface area contributed by atoms with Crippen LogP contribution in [0, 0.1) is 5.92 Å². The average Bonchev–Trinajstić information content (AvgIpc) is 3.30. The first-order chi connectivity index (χ1) is 30.5. The van der Waals surface area contributed by atoms with Gasteiger partial charge in [0, 0.05) is 24.5 Å². The van der Waals surface area contributed by atoms with E-state index in [1.54, 1.807) is 19.9 Å². The van der Waals surface area contributed by atoms with Crippen molar-refractivity contribution < 1.29 is 33.4 Å². The predicted octanol–water partition coefficient (Wildman–Crippen LogP) is 7.94. The van der Waals surface area contributed by atoms with E-state index in [-0.39, 0.29) is 56.3 Å². The number of hydrogen-bond donors (Lipinski definition) is 4. The first kappa shape index (κ1) is 47.0. The van der Waals surface area contributed by atoms with E-state index in [1.165, 1.54) is 0 Å². The summed E-state index contributed by atoms with van der Waals surface area (Å²) in [6, 6.07) is 44.7. The summed E-state index contributed by atoms with van der Waals surface area (Å²) in [5.74, 6) is -1.97. The normalized spacial score (nSPS) is 12.9. The zero-order valence-electron chi connectivity index (χ0n) is 36.4. The van der Waals surface area contributed by atoms with Crippen LogP contribution in [-0.4, -0.2) is 54.5 Å². The highest BCUT2D eigenvalue weighted by Crippen LogP contribution is 2.37. The molecule has 4 amide bonds. The summed E-state index contributed by atoms with van der Waals surface area (Å²) < 4.78 is 10.7. The molecular formula is C52H58N4O7. The number of rotatable bonds is 21. The van der Waals surface area contributed by atoms with Crippen LogP contribution in [0.5, 0.6) is 0 Å². The van der Waals surface area contributed by atoms with Crippen LogP contribution in [0.1, 0.15) is 74.8 Å². The van der Waals surface area contributed by atoms with Crippen molar-refractivity contribution in [1.29, 1.82) is 0 Å². The first-order valence-corrected chi connectivity index (χ1v) is 21.4. The molecule has 0 fully saturated rings. The molecule has 0 radical (unpaired) electrons. The molecule has 3 atom stereocenters. The monoisotopic (exact) mass is 850 g/mol. The van der Waals surface area contributed by atoms with Crippen molar-refractivity contribution in [2.45, 2.75) is 83.6 Å². The van der Waals surface area contributed by atoms with Crippen molar-refractivity contribution in [2.75, 3.05) is 6.61 Å². The van der Waals surface area contributed by atoms with Gasteiger partial charge in [-0.2, -0.15) is 0 Å². The summed E-state index contributed by atoms with van der Waals surface area (Å²) in [4.78, 5) is 68.7. The molecule has 11 nitrogen and oxygen atoms in total. The van der Waals surface area contributed by atoms with Gasteiger partial charge in [-0.15, -0.1) is 0 Å². The lowest BCUT2D eigenvalue weighted by atomic mass is 9.77. The lowest BCUT2D eigenvalue weighted by Crippen LogP contribution is -2.56. The van der Waals surface area contributed by atoms with E-state index in [2.05, 4.69) is 21.3 Å². The summed E-state index contributed by atoms with van der Waals surface area (Å²) in [7, 11) is 0. The van der Waals surface area contributed by atoms with Gasteiger partial charge < -0.3 is 30.7 Å². The molecule has 0 spiro atoms. The van der Waals surface area contributed by atoms with E-state index < -0.39 is 47.5 Å². The summed E-state index contributed by atoms with van der Waals surface area (Å²) in [6.45, 7) is 7.31. The van der Waals surface area contributed by atoms with E-state index in [1.807, 2.05) is 166 Å². The van der Waals surface area contributed by atoms with Crippen LogP contribution < -0.4 is 21.3 Å². The molecule has 63 heavy (non-hydrogen) atoms. The Labute approximate surface area is 370 Å². The molecule has 5 aromatic carbocycles. The molecule has 0 bridgehead atoms. The minimum absolute atomic E-state index is 0.00694. The maximum atomic E-state index is 14.4. The number of carbonyl (C=O) groups excluding carboxylic acids is 5. The smallest absolute Gasteiger partial charge is 0.408 e. The largest absolute Gasteiger partial charge is 0.463 e. The third-order valence-electron chi connectivity index (χ3n) is 10.5. The summed E-state index contributed by atoms with van der Waals surface area (Å²) >= 11 is 0. The SMILES string of the molecule is CCOC(=O)/C(C)=C/[C@H](CCC(=O)NC(c1ccccc1)(c1ccccc1)c1ccccc1)NC(=O)[C@H](Cc1ccccc1)NC(=O)[C@H](CC(C)C)NC(=O)OCc1ccccc1. The van der Waals surface area contributed by atoms with Gasteiger partial charge in [0.05, 0.1) is 6.61 Å². The van der Waals surface area contributed by atoms with Gasteiger partial charge in [0.2, 0.25) is 17.7 Å². The maximum absolute atomic E-state index is 14.4. The number of hydrogen-bond acceptors (Lipinski definition) is 7. The van der Waals surface area contributed by atoms with Gasteiger partial charge in [-0.1, -0.05) is 172 Å². The fourth-order valence-corrected chi connectivity index (χ4v) is 7.38. The van der Waals surface area contributed by atoms with Crippen LogP contribution in [0.3, 0.4) is 0 Å². The second-order valence-corrected chi connectivity index (χ2v) is 15.8. The van der Waals surface area contributed by atoms with Crippen LogP contribution >= 0.6 is 0 Å². The Kier molecular flexibility index (Phi) is 17.8. The zero-order valence-corrected chi connectivity index (χ0v) is 36.4. The minimum atomic E-state index is -1.11. The average molecular weight is 851 g/mol. The quantitative estimate of drug-likeness (QED) is 0.0333. The van der Waals surface area contributed by atoms with Gasteiger partial charge in [0.1, 0.15) is 24.2 Å². The van der Waals surface area contributed by atoms with Crippen molar-refractivity contribution in [3.8, 4) is 0 Å². The molecule has 0 aromatic heterocycles. The molecule has 4 N–H and O–H groups in total.